The molecule has 1 unspecified atom stereocenters. The smallest absolute Gasteiger partial charge is 0.314 e. The molecule has 1 atom stereocenters. The van der Waals surface area contributed by atoms with Crippen LogP contribution in [0, 0.1) is 0 Å². The van der Waals surface area contributed by atoms with Gasteiger partial charge in [-0.05, 0) is 0 Å². The van der Waals surface area contributed by atoms with Crippen LogP contribution >= 0.6 is 0 Å². The van der Waals surface area contributed by atoms with Crippen LogP contribution in [0.1, 0.15) is 0 Å². The van der Waals surface area contributed by atoms with E-state index in [4.69, 9.17) is 0 Å². The second kappa shape index (κ2) is 2.05. The molecule has 1 aliphatic rings. The molecule has 1 saturated heterocycles. The standard InChI is InChI=1S/C4H4F6N2/c5-3(6,7)2(1(11)12-2)4(8,9)10/h1,12H,11H2. The molecule has 72 valence electrons. The Hall–Kier alpha value is -0.500. The second-order valence-electron chi connectivity index (χ2n) is 2.43. The molecule has 0 aromatic heterocycles. The van der Waals surface area contributed by atoms with E-state index in [1.807, 2.05) is 0 Å². The van der Waals surface area contributed by atoms with Crippen molar-refractivity contribution in [3.8, 4) is 0 Å². The number of rotatable bonds is 0. The predicted molar refractivity (Wildman–Crippen MR) is 26.0 cm³/mol. The fourth-order valence-corrected chi connectivity index (χ4v) is 0.881. The number of nitrogens with two attached hydrogens (primary N) is 1. The summed E-state index contributed by atoms with van der Waals surface area (Å²) in [5.41, 5.74) is 0.634. The molecule has 0 aliphatic carbocycles. The van der Waals surface area contributed by atoms with E-state index in [2.05, 4.69) is 5.73 Å². The molecule has 0 bridgehead atoms. The van der Waals surface area contributed by atoms with Crippen molar-refractivity contribution >= 4 is 0 Å². The average molecular weight is 194 g/mol. The van der Waals surface area contributed by atoms with Crippen molar-refractivity contribution in [2.24, 2.45) is 5.73 Å². The fourth-order valence-electron chi connectivity index (χ4n) is 0.881. The molecule has 1 aliphatic heterocycles. The number of nitrogens with one attached hydrogen (secondary N) is 1. The van der Waals surface area contributed by atoms with Gasteiger partial charge in [0, 0.05) is 0 Å². The highest BCUT2D eigenvalue weighted by molar-refractivity contribution is 5.20. The van der Waals surface area contributed by atoms with Gasteiger partial charge in [0.05, 0.1) is 6.17 Å². The van der Waals surface area contributed by atoms with Crippen LogP contribution in [0.15, 0.2) is 0 Å². The average Bonchev–Trinajstić information content (AvgIpc) is 2.36. The summed E-state index contributed by atoms with van der Waals surface area (Å²) >= 11 is 0. The van der Waals surface area contributed by atoms with E-state index in [0.717, 1.165) is 5.32 Å². The van der Waals surface area contributed by atoms with E-state index in [1.165, 1.54) is 0 Å². The Kier molecular flexibility index (Phi) is 1.64. The van der Waals surface area contributed by atoms with E-state index in [0.29, 0.717) is 0 Å². The zero-order chi connectivity index (χ0) is 9.78. The van der Waals surface area contributed by atoms with E-state index in [1.54, 1.807) is 0 Å². The van der Waals surface area contributed by atoms with Crippen LogP contribution in [0.4, 0.5) is 26.3 Å². The summed E-state index contributed by atoms with van der Waals surface area (Å²) < 4.78 is 70.7. The zero-order valence-electron chi connectivity index (χ0n) is 5.42. The Bertz CT molecular complexity index is 179. The van der Waals surface area contributed by atoms with E-state index < -0.39 is 24.1 Å². The van der Waals surface area contributed by atoms with Crippen LogP contribution in [-0.4, -0.2) is 24.1 Å². The van der Waals surface area contributed by atoms with Gasteiger partial charge in [-0.2, -0.15) is 26.3 Å². The van der Waals surface area contributed by atoms with Crippen molar-refractivity contribution in [2.75, 3.05) is 0 Å². The van der Waals surface area contributed by atoms with Crippen LogP contribution in [0.5, 0.6) is 0 Å². The summed E-state index contributed by atoms with van der Waals surface area (Å²) in [4.78, 5) is 0. The predicted octanol–water partition coefficient (Wildman–Crippen LogP) is 0.738. The molecule has 0 spiro atoms. The molecule has 0 aromatic rings. The second-order valence-corrected chi connectivity index (χ2v) is 2.43. The highest BCUT2D eigenvalue weighted by Gasteiger charge is 2.83. The maximum absolute atomic E-state index is 11.8. The van der Waals surface area contributed by atoms with Gasteiger partial charge >= 0.3 is 12.4 Å². The van der Waals surface area contributed by atoms with Crippen molar-refractivity contribution < 1.29 is 26.3 Å². The summed E-state index contributed by atoms with van der Waals surface area (Å²) in [5.74, 6) is 0. The first kappa shape index (κ1) is 9.59. The Morgan fingerprint density at radius 2 is 1.25 bits per heavy atom. The summed E-state index contributed by atoms with van der Waals surface area (Å²) in [6.07, 6.45) is -12.9. The first-order valence-corrected chi connectivity index (χ1v) is 2.79. The van der Waals surface area contributed by atoms with Crippen molar-refractivity contribution in [3.05, 3.63) is 0 Å². The summed E-state index contributed by atoms with van der Waals surface area (Å²) in [5, 5.41) is 1.15. The molecule has 8 heteroatoms. The molecule has 0 amide bonds. The third kappa shape index (κ3) is 0.977. The number of hydrogen-bond acceptors (Lipinski definition) is 2. The lowest BCUT2D eigenvalue weighted by Crippen LogP contribution is -2.51. The molecule has 0 aromatic carbocycles. The first-order valence-electron chi connectivity index (χ1n) is 2.79. The van der Waals surface area contributed by atoms with Crippen LogP contribution in [0.25, 0.3) is 0 Å². The van der Waals surface area contributed by atoms with E-state index in [-0.39, 0.29) is 0 Å². The van der Waals surface area contributed by atoms with Gasteiger partial charge in [0.2, 0.25) is 5.54 Å². The minimum atomic E-state index is -5.40. The van der Waals surface area contributed by atoms with Gasteiger partial charge in [0.25, 0.3) is 0 Å². The summed E-state index contributed by atoms with van der Waals surface area (Å²) in [6, 6.07) is 0. The molecule has 2 nitrogen and oxygen atoms in total. The third-order valence-electron chi connectivity index (χ3n) is 1.66. The van der Waals surface area contributed by atoms with Gasteiger partial charge in [0.15, 0.2) is 0 Å². The minimum absolute atomic E-state index is 1.15. The topological polar surface area (TPSA) is 48.0 Å². The van der Waals surface area contributed by atoms with Crippen molar-refractivity contribution in [1.82, 2.24) is 5.32 Å². The van der Waals surface area contributed by atoms with Crippen LogP contribution in [0.3, 0.4) is 0 Å². The van der Waals surface area contributed by atoms with Gasteiger partial charge in [-0.1, -0.05) is 0 Å². The van der Waals surface area contributed by atoms with Crippen LogP contribution < -0.4 is 11.1 Å². The van der Waals surface area contributed by atoms with E-state index >= 15 is 0 Å². The molecule has 3 N–H and O–H groups in total. The van der Waals surface area contributed by atoms with Gasteiger partial charge in [-0.25, -0.2) is 0 Å². The molecular weight excluding hydrogens is 190 g/mol. The Balaban J connectivity index is 2.96. The third-order valence-corrected chi connectivity index (χ3v) is 1.66. The molecule has 1 rings (SSSR count). The molecule has 0 saturated carbocycles. The van der Waals surface area contributed by atoms with Crippen molar-refractivity contribution in [2.45, 2.75) is 24.1 Å². The largest absolute Gasteiger partial charge is 0.418 e. The van der Waals surface area contributed by atoms with Crippen molar-refractivity contribution in [3.63, 3.8) is 0 Å². The maximum atomic E-state index is 11.8. The summed E-state index contributed by atoms with van der Waals surface area (Å²) in [7, 11) is 0. The number of alkyl halides is 6. The molecule has 12 heavy (non-hydrogen) atoms. The Morgan fingerprint density at radius 3 is 1.25 bits per heavy atom. The van der Waals surface area contributed by atoms with E-state index in [9.17, 15) is 26.3 Å². The lowest BCUT2D eigenvalue weighted by Gasteiger charge is -2.20. The van der Waals surface area contributed by atoms with Crippen LogP contribution in [0.2, 0.25) is 0 Å². The van der Waals surface area contributed by atoms with Gasteiger partial charge in [-0.3, -0.25) is 5.32 Å². The quantitative estimate of drug-likeness (QED) is 0.441. The minimum Gasteiger partial charge on any atom is -0.314 e. The van der Waals surface area contributed by atoms with Crippen LogP contribution in [-0.2, 0) is 0 Å². The van der Waals surface area contributed by atoms with Crippen molar-refractivity contribution in [1.29, 1.82) is 0 Å². The van der Waals surface area contributed by atoms with Gasteiger partial charge in [0.1, 0.15) is 0 Å². The van der Waals surface area contributed by atoms with Gasteiger partial charge < -0.3 is 5.73 Å². The molecule has 1 fully saturated rings. The molecule has 1 heterocycles. The number of halogens is 6. The monoisotopic (exact) mass is 194 g/mol. The van der Waals surface area contributed by atoms with Gasteiger partial charge in [-0.15, -0.1) is 0 Å². The number of hydrogen-bond donors (Lipinski definition) is 2. The zero-order valence-corrected chi connectivity index (χ0v) is 5.42. The maximum Gasteiger partial charge on any atom is 0.418 e. The normalized spacial score (nSPS) is 28.8. The Labute approximate surface area is 62.7 Å². The Morgan fingerprint density at radius 1 is 1.00 bits per heavy atom. The summed E-state index contributed by atoms with van der Waals surface area (Å²) in [6.45, 7) is 0. The lowest BCUT2D eigenvalue weighted by molar-refractivity contribution is -0.267. The highest BCUT2D eigenvalue weighted by Crippen LogP contribution is 2.51. The molecule has 0 radical (unpaired) electrons. The SMILES string of the molecule is NC1NC1(C(F)(F)F)C(F)(F)F. The fraction of sp³-hybridized carbons (Fsp3) is 1.00. The highest BCUT2D eigenvalue weighted by atomic mass is 19.4. The molecular formula is C4H4F6N2. The lowest BCUT2D eigenvalue weighted by atomic mass is 10.1. The first-order chi connectivity index (χ1) is 5.13.